The lowest BCUT2D eigenvalue weighted by Crippen LogP contribution is -2.33. The number of pyridine rings is 1. The van der Waals surface area contributed by atoms with E-state index in [2.05, 4.69) is 4.98 Å². The van der Waals surface area contributed by atoms with E-state index in [0.29, 0.717) is 23.7 Å². The van der Waals surface area contributed by atoms with Crippen molar-refractivity contribution in [3.05, 3.63) is 64.9 Å². The third kappa shape index (κ3) is 5.35. The molecule has 0 aliphatic heterocycles. The third-order valence-electron chi connectivity index (χ3n) is 3.35. The first-order valence-electron chi connectivity index (χ1n) is 7.69. The summed E-state index contributed by atoms with van der Waals surface area (Å²) in [5.74, 6) is -0.516. The number of carbonyl (C=O) groups excluding carboxylic acids is 2. The molecule has 1 amide bonds. The standard InChI is InChI=1S/C18H19ClN2O3/c1-2-24-17(22)8-10-21(13-14-5-4-9-20-12-14)18(23)15-6-3-7-16(19)11-15/h3-7,9,11-12H,2,8,10,13H2,1H3. The molecule has 0 unspecified atom stereocenters. The van der Waals surface area contributed by atoms with Crippen LogP contribution in [0.2, 0.25) is 5.02 Å². The van der Waals surface area contributed by atoms with Gasteiger partial charge in [-0.25, -0.2) is 0 Å². The van der Waals surface area contributed by atoms with Gasteiger partial charge < -0.3 is 9.64 Å². The molecule has 0 fully saturated rings. The Balaban J connectivity index is 2.14. The topological polar surface area (TPSA) is 59.5 Å². The summed E-state index contributed by atoms with van der Waals surface area (Å²) >= 11 is 5.97. The fourth-order valence-corrected chi connectivity index (χ4v) is 2.42. The van der Waals surface area contributed by atoms with Gasteiger partial charge in [-0.1, -0.05) is 23.7 Å². The fraction of sp³-hybridized carbons (Fsp3) is 0.278. The highest BCUT2D eigenvalue weighted by Crippen LogP contribution is 2.15. The van der Waals surface area contributed by atoms with Crippen LogP contribution in [0.1, 0.15) is 29.3 Å². The molecule has 0 N–H and O–H groups in total. The molecular weight excluding hydrogens is 328 g/mol. The Kier molecular flexibility index (Phi) is 6.75. The van der Waals surface area contributed by atoms with E-state index < -0.39 is 0 Å². The lowest BCUT2D eigenvalue weighted by Gasteiger charge is -2.22. The van der Waals surface area contributed by atoms with E-state index in [-0.39, 0.29) is 24.8 Å². The third-order valence-corrected chi connectivity index (χ3v) is 3.58. The van der Waals surface area contributed by atoms with Gasteiger partial charge in [0.05, 0.1) is 13.0 Å². The Labute approximate surface area is 146 Å². The summed E-state index contributed by atoms with van der Waals surface area (Å²) in [5.41, 5.74) is 1.37. The zero-order valence-corrected chi connectivity index (χ0v) is 14.2. The van der Waals surface area contributed by atoms with Gasteiger partial charge in [-0.05, 0) is 36.8 Å². The van der Waals surface area contributed by atoms with Gasteiger partial charge >= 0.3 is 5.97 Å². The fourth-order valence-electron chi connectivity index (χ4n) is 2.23. The van der Waals surface area contributed by atoms with Crippen LogP contribution < -0.4 is 0 Å². The average molecular weight is 347 g/mol. The SMILES string of the molecule is CCOC(=O)CCN(Cc1cccnc1)C(=O)c1cccc(Cl)c1. The van der Waals surface area contributed by atoms with Crippen molar-refractivity contribution in [2.75, 3.05) is 13.2 Å². The number of nitrogens with zero attached hydrogens (tertiary/aromatic N) is 2. The first-order chi connectivity index (χ1) is 11.6. The Morgan fingerprint density at radius 3 is 2.75 bits per heavy atom. The van der Waals surface area contributed by atoms with E-state index in [4.69, 9.17) is 16.3 Å². The van der Waals surface area contributed by atoms with Gasteiger partial charge in [-0.2, -0.15) is 0 Å². The molecule has 24 heavy (non-hydrogen) atoms. The van der Waals surface area contributed by atoms with Crippen LogP contribution in [0.4, 0.5) is 0 Å². The Bertz CT molecular complexity index is 692. The highest BCUT2D eigenvalue weighted by Gasteiger charge is 2.18. The van der Waals surface area contributed by atoms with Crippen molar-refractivity contribution in [1.82, 2.24) is 9.88 Å². The lowest BCUT2D eigenvalue weighted by molar-refractivity contribution is -0.143. The number of benzene rings is 1. The van der Waals surface area contributed by atoms with Crippen molar-refractivity contribution in [3.8, 4) is 0 Å². The normalized spacial score (nSPS) is 10.2. The van der Waals surface area contributed by atoms with Crippen LogP contribution in [0.15, 0.2) is 48.8 Å². The van der Waals surface area contributed by atoms with Crippen molar-refractivity contribution in [3.63, 3.8) is 0 Å². The largest absolute Gasteiger partial charge is 0.466 e. The van der Waals surface area contributed by atoms with E-state index in [0.717, 1.165) is 5.56 Å². The molecule has 2 rings (SSSR count). The van der Waals surface area contributed by atoms with Crippen molar-refractivity contribution >= 4 is 23.5 Å². The molecule has 6 heteroatoms. The highest BCUT2D eigenvalue weighted by atomic mass is 35.5. The number of rotatable bonds is 7. The predicted octanol–water partition coefficient (Wildman–Crippen LogP) is 3.33. The maximum absolute atomic E-state index is 12.8. The lowest BCUT2D eigenvalue weighted by atomic mass is 10.1. The highest BCUT2D eigenvalue weighted by molar-refractivity contribution is 6.30. The van der Waals surface area contributed by atoms with Crippen LogP contribution in [-0.2, 0) is 16.1 Å². The van der Waals surface area contributed by atoms with Crippen LogP contribution in [0, 0.1) is 0 Å². The molecule has 0 aliphatic rings. The van der Waals surface area contributed by atoms with Gasteiger partial charge in [0.15, 0.2) is 0 Å². The van der Waals surface area contributed by atoms with E-state index in [1.165, 1.54) is 0 Å². The first-order valence-corrected chi connectivity index (χ1v) is 8.07. The summed E-state index contributed by atoms with van der Waals surface area (Å²) in [4.78, 5) is 30.0. The number of hydrogen-bond donors (Lipinski definition) is 0. The van der Waals surface area contributed by atoms with Crippen LogP contribution in [0.3, 0.4) is 0 Å². The molecule has 0 aliphatic carbocycles. The molecule has 0 bridgehead atoms. The average Bonchev–Trinajstić information content (AvgIpc) is 2.59. The van der Waals surface area contributed by atoms with Gasteiger partial charge in [-0.3, -0.25) is 14.6 Å². The van der Waals surface area contributed by atoms with E-state index >= 15 is 0 Å². The molecule has 0 atom stereocenters. The zero-order chi connectivity index (χ0) is 17.4. The van der Waals surface area contributed by atoms with Crippen LogP contribution in [0.5, 0.6) is 0 Å². The monoisotopic (exact) mass is 346 g/mol. The van der Waals surface area contributed by atoms with E-state index in [1.807, 2.05) is 12.1 Å². The van der Waals surface area contributed by atoms with Crippen molar-refractivity contribution in [2.24, 2.45) is 0 Å². The van der Waals surface area contributed by atoms with Crippen molar-refractivity contribution < 1.29 is 14.3 Å². The minimum Gasteiger partial charge on any atom is -0.466 e. The van der Waals surface area contributed by atoms with Gasteiger partial charge in [0, 0.05) is 36.1 Å². The number of amides is 1. The summed E-state index contributed by atoms with van der Waals surface area (Å²) in [5, 5.41) is 0.493. The first kappa shape index (κ1) is 17.9. The molecule has 1 aromatic heterocycles. The van der Waals surface area contributed by atoms with E-state index in [9.17, 15) is 9.59 Å². The van der Waals surface area contributed by atoms with Crippen LogP contribution >= 0.6 is 11.6 Å². The molecule has 126 valence electrons. The number of aromatic nitrogens is 1. The molecule has 2 aromatic rings. The number of esters is 1. The van der Waals surface area contributed by atoms with E-state index in [1.54, 1.807) is 48.5 Å². The molecule has 5 nitrogen and oxygen atoms in total. The molecule has 0 saturated heterocycles. The Hall–Kier alpha value is -2.40. The molecule has 0 radical (unpaired) electrons. The molecule has 1 aromatic carbocycles. The molecule has 1 heterocycles. The summed E-state index contributed by atoms with van der Waals surface area (Å²) < 4.78 is 4.94. The van der Waals surface area contributed by atoms with Gasteiger partial charge in [0.2, 0.25) is 0 Å². The second-order valence-corrected chi connectivity index (χ2v) is 5.59. The van der Waals surface area contributed by atoms with Crippen molar-refractivity contribution in [2.45, 2.75) is 19.9 Å². The second-order valence-electron chi connectivity index (χ2n) is 5.15. The maximum Gasteiger partial charge on any atom is 0.307 e. The van der Waals surface area contributed by atoms with Gasteiger partial charge in [0.1, 0.15) is 0 Å². The predicted molar refractivity (Wildman–Crippen MR) is 91.7 cm³/mol. The number of ether oxygens (including phenoxy) is 1. The van der Waals surface area contributed by atoms with Gasteiger partial charge in [-0.15, -0.1) is 0 Å². The van der Waals surface area contributed by atoms with Gasteiger partial charge in [0.25, 0.3) is 5.91 Å². The number of carbonyl (C=O) groups is 2. The summed E-state index contributed by atoms with van der Waals surface area (Å²) in [6.07, 6.45) is 3.51. The van der Waals surface area contributed by atoms with Crippen LogP contribution in [-0.4, -0.2) is 34.9 Å². The minimum absolute atomic E-state index is 0.139. The Morgan fingerprint density at radius 2 is 2.08 bits per heavy atom. The zero-order valence-electron chi connectivity index (χ0n) is 13.4. The van der Waals surface area contributed by atoms with Crippen LogP contribution in [0.25, 0.3) is 0 Å². The maximum atomic E-state index is 12.8. The quantitative estimate of drug-likeness (QED) is 0.721. The minimum atomic E-state index is -0.326. The second kappa shape index (κ2) is 9.03. The molecule has 0 spiro atoms. The smallest absolute Gasteiger partial charge is 0.307 e. The Morgan fingerprint density at radius 1 is 1.25 bits per heavy atom. The molecular formula is C18H19ClN2O3. The number of hydrogen-bond acceptors (Lipinski definition) is 4. The van der Waals surface area contributed by atoms with Crippen molar-refractivity contribution in [1.29, 1.82) is 0 Å². The molecule has 0 saturated carbocycles. The summed E-state index contributed by atoms with van der Waals surface area (Å²) in [6, 6.07) is 10.4. The summed E-state index contributed by atoms with van der Waals surface area (Å²) in [6.45, 7) is 2.70. The summed E-state index contributed by atoms with van der Waals surface area (Å²) in [7, 11) is 0. The number of halogens is 1.